The van der Waals surface area contributed by atoms with Gasteiger partial charge < -0.3 is 9.88 Å². The van der Waals surface area contributed by atoms with Crippen LogP contribution in [0.5, 0.6) is 0 Å². The number of benzene rings is 1. The molecule has 2 atom stereocenters. The van der Waals surface area contributed by atoms with Crippen LogP contribution in [0.2, 0.25) is 0 Å². The van der Waals surface area contributed by atoms with Crippen LogP contribution < -0.4 is 0 Å². The van der Waals surface area contributed by atoms with Crippen LogP contribution in [-0.4, -0.2) is 77.6 Å². The Kier molecular flexibility index (Phi) is 4.25. The van der Waals surface area contributed by atoms with E-state index < -0.39 is 10.2 Å². The highest BCUT2D eigenvalue weighted by Gasteiger charge is 2.42. The van der Waals surface area contributed by atoms with Gasteiger partial charge in [0.15, 0.2) is 5.82 Å². The molecule has 4 heterocycles. The van der Waals surface area contributed by atoms with E-state index in [4.69, 9.17) is 0 Å². The molecule has 26 heavy (non-hydrogen) atoms. The lowest BCUT2D eigenvalue weighted by molar-refractivity contribution is 0.0577. The molecule has 1 amide bonds. The minimum absolute atomic E-state index is 0.121. The number of hydrogen-bond acceptors (Lipinski definition) is 4. The van der Waals surface area contributed by atoms with Gasteiger partial charge >= 0.3 is 0 Å². The van der Waals surface area contributed by atoms with Gasteiger partial charge in [0, 0.05) is 39.8 Å². The number of H-pyrrole nitrogens is 1. The number of nitrogens with one attached hydrogen (secondary N) is 1. The smallest absolute Gasteiger partial charge is 0.289 e. The Morgan fingerprint density at radius 2 is 1.96 bits per heavy atom. The number of aromatic nitrogens is 2. The van der Waals surface area contributed by atoms with Crippen molar-refractivity contribution in [3.05, 3.63) is 30.1 Å². The van der Waals surface area contributed by atoms with Crippen LogP contribution in [-0.2, 0) is 10.2 Å². The van der Waals surface area contributed by atoms with E-state index in [2.05, 4.69) is 9.97 Å². The van der Waals surface area contributed by atoms with Crippen molar-refractivity contribution in [2.24, 2.45) is 5.92 Å². The minimum atomic E-state index is -3.48. The van der Waals surface area contributed by atoms with Gasteiger partial charge in [-0.25, -0.2) is 4.98 Å². The van der Waals surface area contributed by atoms with Gasteiger partial charge in [-0.05, 0) is 30.9 Å². The lowest BCUT2D eigenvalue weighted by Gasteiger charge is -2.35. The monoisotopic (exact) mass is 377 g/mol. The Bertz CT molecular complexity index is 906. The molecule has 1 N–H and O–H groups in total. The second kappa shape index (κ2) is 6.33. The first-order chi connectivity index (χ1) is 12.4. The number of rotatable bonds is 3. The van der Waals surface area contributed by atoms with Gasteiger partial charge in [-0.15, -0.1) is 0 Å². The molecule has 140 valence electrons. The summed E-state index contributed by atoms with van der Waals surface area (Å²) in [6, 6.07) is 7.41. The van der Waals surface area contributed by atoms with Gasteiger partial charge in [0.25, 0.3) is 16.1 Å². The minimum Gasteiger partial charge on any atom is -0.334 e. The van der Waals surface area contributed by atoms with Crippen molar-refractivity contribution in [2.75, 3.05) is 33.7 Å². The molecule has 3 fully saturated rings. The molecule has 0 unspecified atom stereocenters. The van der Waals surface area contributed by atoms with E-state index in [1.54, 1.807) is 19.0 Å². The highest BCUT2D eigenvalue weighted by Crippen LogP contribution is 2.30. The summed E-state index contributed by atoms with van der Waals surface area (Å²) in [7, 11) is -0.396. The number of imidazole rings is 1. The van der Waals surface area contributed by atoms with Gasteiger partial charge in [-0.1, -0.05) is 12.1 Å². The molecule has 1 aromatic heterocycles. The second-order valence-electron chi connectivity index (χ2n) is 7.26. The Morgan fingerprint density at radius 1 is 1.19 bits per heavy atom. The fraction of sp³-hybridized carbons (Fsp3) is 0.529. The van der Waals surface area contributed by atoms with Crippen molar-refractivity contribution in [3.8, 4) is 0 Å². The topological polar surface area (TPSA) is 89.6 Å². The number of piperidine rings is 1. The third-order valence-electron chi connectivity index (χ3n) is 5.32. The Hall–Kier alpha value is -1.97. The largest absolute Gasteiger partial charge is 0.334 e. The summed E-state index contributed by atoms with van der Waals surface area (Å²) >= 11 is 0. The molecule has 0 radical (unpaired) electrons. The first-order valence-corrected chi connectivity index (χ1v) is 10.2. The fourth-order valence-electron chi connectivity index (χ4n) is 3.90. The maximum absolute atomic E-state index is 13.1. The molecule has 0 saturated carbocycles. The zero-order valence-corrected chi connectivity index (χ0v) is 15.7. The van der Waals surface area contributed by atoms with Gasteiger partial charge in [0.05, 0.1) is 11.0 Å². The quantitative estimate of drug-likeness (QED) is 0.861. The van der Waals surface area contributed by atoms with Crippen molar-refractivity contribution in [2.45, 2.75) is 18.9 Å². The van der Waals surface area contributed by atoms with E-state index in [9.17, 15) is 13.2 Å². The molecule has 0 aliphatic carbocycles. The van der Waals surface area contributed by atoms with Gasteiger partial charge in [-0.3, -0.25) is 4.79 Å². The first-order valence-electron chi connectivity index (χ1n) is 8.79. The predicted molar refractivity (Wildman–Crippen MR) is 97.8 cm³/mol. The second-order valence-corrected chi connectivity index (χ2v) is 9.41. The number of amides is 1. The van der Waals surface area contributed by atoms with Crippen molar-refractivity contribution in [3.63, 3.8) is 0 Å². The zero-order valence-electron chi connectivity index (χ0n) is 14.9. The molecular formula is C17H23N5O3S. The average molecular weight is 377 g/mol. The van der Waals surface area contributed by atoms with E-state index in [1.807, 2.05) is 24.3 Å². The van der Waals surface area contributed by atoms with Gasteiger partial charge in [0.1, 0.15) is 0 Å². The summed E-state index contributed by atoms with van der Waals surface area (Å²) in [4.78, 5) is 22.4. The van der Waals surface area contributed by atoms with E-state index in [0.29, 0.717) is 25.5 Å². The lowest BCUT2D eigenvalue weighted by Crippen LogP contribution is -2.48. The summed E-state index contributed by atoms with van der Waals surface area (Å²) in [6.45, 7) is 1.36. The van der Waals surface area contributed by atoms with Crippen LogP contribution in [0, 0.1) is 5.92 Å². The summed E-state index contributed by atoms with van der Waals surface area (Å²) in [5.74, 6) is 0.317. The van der Waals surface area contributed by atoms with Crippen molar-refractivity contribution in [1.82, 2.24) is 23.5 Å². The van der Waals surface area contributed by atoms with E-state index >= 15 is 0 Å². The number of para-hydroxylation sites is 2. The van der Waals surface area contributed by atoms with Crippen LogP contribution in [0.3, 0.4) is 0 Å². The number of fused-ring (bicyclic) bond motifs is 5. The van der Waals surface area contributed by atoms with Gasteiger partial charge in [-0.2, -0.15) is 17.0 Å². The third kappa shape index (κ3) is 2.89. The lowest BCUT2D eigenvalue weighted by atomic mass is 9.95. The standard InChI is InChI=1S/C17H23N5O3S/c1-20(2)26(24,25)21-9-12-7-8-13(11-21)22(10-12)17(23)16-18-14-5-3-4-6-15(14)19-16/h3-6,12-13H,7-11H2,1-2H3,(H,18,19)/t12-,13+/m0/s1. The van der Waals surface area contributed by atoms with Crippen LogP contribution in [0.4, 0.5) is 0 Å². The van der Waals surface area contributed by atoms with E-state index in [1.165, 1.54) is 8.61 Å². The summed E-state index contributed by atoms with van der Waals surface area (Å²) in [5, 5.41) is 0. The molecule has 3 saturated heterocycles. The number of aromatic amines is 1. The molecule has 5 rings (SSSR count). The Labute approximate surface area is 153 Å². The van der Waals surface area contributed by atoms with Crippen molar-refractivity contribution < 1.29 is 13.2 Å². The Morgan fingerprint density at radius 3 is 2.69 bits per heavy atom. The van der Waals surface area contributed by atoms with Crippen molar-refractivity contribution in [1.29, 1.82) is 0 Å². The molecule has 8 nitrogen and oxygen atoms in total. The molecule has 3 aliphatic heterocycles. The summed E-state index contributed by atoms with van der Waals surface area (Å²) in [6.07, 6.45) is 1.75. The SMILES string of the molecule is CN(C)S(=O)(=O)N1C[C@@H]2CC[C@H](C1)N(C(=O)c1nc3ccccc3[nH]1)C2. The fourth-order valence-corrected chi connectivity index (χ4v) is 5.12. The Balaban J connectivity index is 1.61. The van der Waals surface area contributed by atoms with Crippen LogP contribution >= 0.6 is 0 Å². The number of hydrogen-bond donors (Lipinski definition) is 1. The maximum atomic E-state index is 13.1. The molecule has 0 spiro atoms. The van der Waals surface area contributed by atoms with E-state index in [-0.39, 0.29) is 17.9 Å². The highest BCUT2D eigenvalue weighted by molar-refractivity contribution is 7.86. The van der Waals surface area contributed by atoms with Gasteiger partial charge in [0.2, 0.25) is 0 Å². The normalized spacial score (nSPS) is 24.3. The molecule has 3 aliphatic rings. The average Bonchev–Trinajstić information content (AvgIpc) is 2.82. The number of nitrogens with zero attached hydrogens (tertiary/aromatic N) is 4. The highest BCUT2D eigenvalue weighted by atomic mass is 32.2. The molecule has 1 aromatic carbocycles. The summed E-state index contributed by atoms with van der Waals surface area (Å²) in [5.41, 5.74) is 1.58. The maximum Gasteiger partial charge on any atom is 0.289 e. The summed E-state index contributed by atoms with van der Waals surface area (Å²) < 4.78 is 27.9. The van der Waals surface area contributed by atoms with Crippen LogP contribution in [0.25, 0.3) is 11.0 Å². The first kappa shape index (κ1) is 17.4. The van der Waals surface area contributed by atoms with Crippen LogP contribution in [0.15, 0.2) is 24.3 Å². The number of carbonyl (C=O) groups is 1. The third-order valence-corrected chi connectivity index (χ3v) is 7.19. The van der Waals surface area contributed by atoms with Crippen molar-refractivity contribution >= 4 is 27.1 Å². The molecule has 2 bridgehead atoms. The molecular weight excluding hydrogens is 354 g/mol. The zero-order chi connectivity index (χ0) is 18.5. The predicted octanol–water partition coefficient (Wildman–Crippen LogP) is 0.906. The molecule has 9 heteroatoms. The van der Waals surface area contributed by atoms with E-state index in [0.717, 1.165) is 23.9 Å². The molecule has 2 aromatic rings. The van der Waals surface area contributed by atoms with Crippen LogP contribution in [0.1, 0.15) is 23.5 Å². The number of carbonyl (C=O) groups excluding carboxylic acids is 1.